The van der Waals surface area contributed by atoms with Crippen molar-refractivity contribution in [3.05, 3.63) is 51.7 Å². The summed E-state index contributed by atoms with van der Waals surface area (Å²) in [6.45, 7) is 0.645. The van der Waals surface area contributed by atoms with Crippen LogP contribution in [0.4, 0.5) is 0 Å². The maximum Gasteiger partial charge on any atom is 0.249 e. The van der Waals surface area contributed by atoms with Gasteiger partial charge in [-0.05, 0) is 30.8 Å². The fourth-order valence-electron chi connectivity index (χ4n) is 2.27. The smallest absolute Gasteiger partial charge is 0.249 e. The highest BCUT2D eigenvalue weighted by Crippen LogP contribution is 2.25. The molecule has 0 fully saturated rings. The highest BCUT2D eigenvalue weighted by molar-refractivity contribution is 7.10. The lowest BCUT2D eigenvalue weighted by Crippen LogP contribution is -2.26. The van der Waals surface area contributed by atoms with Gasteiger partial charge in [0.1, 0.15) is 5.75 Å². The van der Waals surface area contributed by atoms with Crippen LogP contribution in [-0.4, -0.2) is 36.7 Å². The SMILES string of the molecule is COc1ccc(C(CO)N(C)Cc2cc(C(N)=O)cs2)cc1. The number of aliphatic hydroxyl groups is 1. The molecule has 6 heteroatoms. The van der Waals surface area contributed by atoms with E-state index in [1.165, 1.54) is 11.3 Å². The largest absolute Gasteiger partial charge is 0.497 e. The first-order valence-electron chi connectivity index (χ1n) is 6.87. The Kier molecular flexibility index (Phi) is 5.54. The van der Waals surface area contributed by atoms with Crippen molar-refractivity contribution in [3.8, 4) is 5.75 Å². The molecule has 0 bridgehead atoms. The third-order valence-electron chi connectivity index (χ3n) is 3.55. The summed E-state index contributed by atoms with van der Waals surface area (Å²) in [5.74, 6) is 0.367. The number of nitrogens with two attached hydrogens (primary N) is 1. The minimum atomic E-state index is -0.418. The van der Waals surface area contributed by atoms with Crippen LogP contribution in [0.25, 0.3) is 0 Å². The second-order valence-electron chi connectivity index (χ2n) is 5.05. The Balaban J connectivity index is 2.09. The fourth-order valence-corrected chi connectivity index (χ4v) is 3.21. The van der Waals surface area contributed by atoms with Crippen LogP contribution in [0.1, 0.15) is 26.8 Å². The molecule has 1 aromatic heterocycles. The molecule has 0 spiro atoms. The van der Waals surface area contributed by atoms with Crippen LogP contribution in [0.2, 0.25) is 0 Å². The van der Waals surface area contributed by atoms with Gasteiger partial charge in [-0.1, -0.05) is 12.1 Å². The second-order valence-corrected chi connectivity index (χ2v) is 6.05. The van der Waals surface area contributed by atoms with Gasteiger partial charge in [0.25, 0.3) is 0 Å². The summed E-state index contributed by atoms with van der Waals surface area (Å²) in [4.78, 5) is 14.2. The van der Waals surface area contributed by atoms with Crippen LogP contribution in [0.15, 0.2) is 35.7 Å². The lowest BCUT2D eigenvalue weighted by molar-refractivity contribution is 0.100. The molecule has 0 saturated heterocycles. The van der Waals surface area contributed by atoms with E-state index < -0.39 is 5.91 Å². The van der Waals surface area contributed by atoms with Crippen molar-refractivity contribution in [2.45, 2.75) is 12.6 Å². The summed E-state index contributed by atoms with van der Waals surface area (Å²) >= 11 is 1.49. The van der Waals surface area contributed by atoms with Crippen LogP contribution >= 0.6 is 11.3 Å². The number of aliphatic hydroxyl groups excluding tert-OH is 1. The maximum atomic E-state index is 11.1. The molecule has 2 aromatic rings. The van der Waals surface area contributed by atoms with Gasteiger partial charge in [-0.25, -0.2) is 0 Å². The second kappa shape index (κ2) is 7.40. The molecule has 5 nitrogen and oxygen atoms in total. The van der Waals surface area contributed by atoms with Crippen molar-refractivity contribution < 1.29 is 14.6 Å². The third-order valence-corrected chi connectivity index (χ3v) is 4.47. The van der Waals surface area contributed by atoms with E-state index in [1.807, 2.05) is 36.2 Å². The molecule has 1 heterocycles. The number of ether oxygens (including phenoxy) is 1. The quantitative estimate of drug-likeness (QED) is 0.818. The highest BCUT2D eigenvalue weighted by atomic mass is 32.1. The molecule has 0 aliphatic carbocycles. The summed E-state index contributed by atoms with van der Waals surface area (Å²) in [6, 6.07) is 9.32. The molecule has 1 atom stereocenters. The first-order valence-corrected chi connectivity index (χ1v) is 7.75. The molecule has 1 unspecified atom stereocenters. The van der Waals surface area contributed by atoms with Gasteiger partial charge in [0.15, 0.2) is 0 Å². The molecule has 22 heavy (non-hydrogen) atoms. The zero-order valence-electron chi connectivity index (χ0n) is 12.7. The monoisotopic (exact) mass is 320 g/mol. The predicted molar refractivity (Wildman–Crippen MR) is 87.1 cm³/mol. The van der Waals surface area contributed by atoms with Crippen molar-refractivity contribution in [3.63, 3.8) is 0 Å². The summed E-state index contributed by atoms with van der Waals surface area (Å²) < 4.78 is 5.15. The molecule has 118 valence electrons. The molecular weight excluding hydrogens is 300 g/mol. The molecule has 0 aliphatic heterocycles. The minimum absolute atomic E-state index is 0.0108. The highest BCUT2D eigenvalue weighted by Gasteiger charge is 2.17. The number of thiophene rings is 1. The van der Waals surface area contributed by atoms with E-state index in [0.717, 1.165) is 16.2 Å². The van der Waals surface area contributed by atoms with E-state index in [-0.39, 0.29) is 12.6 Å². The van der Waals surface area contributed by atoms with Gasteiger partial charge in [-0.3, -0.25) is 9.69 Å². The standard InChI is InChI=1S/C16H20N2O3S/c1-18(8-14-7-12(10-22-14)16(17)20)15(9-19)11-3-5-13(21-2)6-4-11/h3-7,10,15,19H,8-9H2,1-2H3,(H2,17,20). The van der Waals surface area contributed by atoms with Gasteiger partial charge in [0, 0.05) is 16.8 Å². The number of carbonyl (C=O) groups is 1. The molecule has 1 amide bonds. The molecular formula is C16H20N2O3S. The Labute approximate surface area is 133 Å². The van der Waals surface area contributed by atoms with Gasteiger partial charge >= 0.3 is 0 Å². The fraction of sp³-hybridized carbons (Fsp3) is 0.312. The summed E-state index contributed by atoms with van der Waals surface area (Å²) in [6.07, 6.45) is 0. The van der Waals surface area contributed by atoms with Crippen molar-refractivity contribution in [2.75, 3.05) is 20.8 Å². The van der Waals surface area contributed by atoms with E-state index in [4.69, 9.17) is 10.5 Å². The van der Waals surface area contributed by atoms with Crippen LogP contribution in [-0.2, 0) is 6.54 Å². The first-order chi connectivity index (χ1) is 10.5. The van der Waals surface area contributed by atoms with Crippen molar-refractivity contribution in [1.29, 1.82) is 0 Å². The molecule has 1 aromatic carbocycles. The Morgan fingerprint density at radius 1 is 1.41 bits per heavy atom. The van der Waals surface area contributed by atoms with Gasteiger partial charge in [-0.15, -0.1) is 11.3 Å². The summed E-state index contributed by atoms with van der Waals surface area (Å²) in [5, 5.41) is 11.5. The average molecular weight is 320 g/mol. The number of hydrogen-bond donors (Lipinski definition) is 2. The van der Waals surface area contributed by atoms with Crippen LogP contribution < -0.4 is 10.5 Å². The molecule has 0 saturated carbocycles. The van der Waals surface area contributed by atoms with E-state index in [0.29, 0.717) is 12.1 Å². The normalized spacial score (nSPS) is 12.4. The Bertz CT molecular complexity index is 625. The Morgan fingerprint density at radius 2 is 2.09 bits per heavy atom. The lowest BCUT2D eigenvalue weighted by atomic mass is 10.1. The molecule has 3 N–H and O–H groups in total. The molecule has 0 aliphatic rings. The van der Waals surface area contributed by atoms with Gasteiger partial charge in [-0.2, -0.15) is 0 Å². The zero-order valence-corrected chi connectivity index (χ0v) is 13.5. The van der Waals surface area contributed by atoms with Crippen molar-refractivity contribution >= 4 is 17.2 Å². The van der Waals surface area contributed by atoms with E-state index >= 15 is 0 Å². The number of carbonyl (C=O) groups excluding carboxylic acids is 1. The topological polar surface area (TPSA) is 75.8 Å². The summed E-state index contributed by atoms with van der Waals surface area (Å²) in [5.41, 5.74) is 6.80. The number of methoxy groups -OCH3 is 1. The van der Waals surface area contributed by atoms with E-state index in [1.54, 1.807) is 18.6 Å². The van der Waals surface area contributed by atoms with Crippen LogP contribution in [0.3, 0.4) is 0 Å². The number of nitrogens with zero attached hydrogens (tertiary/aromatic N) is 1. The van der Waals surface area contributed by atoms with Crippen molar-refractivity contribution in [1.82, 2.24) is 4.90 Å². The number of primary amides is 1. The predicted octanol–water partition coefficient (Wildman–Crippen LogP) is 2.02. The maximum absolute atomic E-state index is 11.1. The van der Waals surface area contributed by atoms with Crippen molar-refractivity contribution in [2.24, 2.45) is 5.73 Å². The minimum Gasteiger partial charge on any atom is -0.497 e. The Hall–Kier alpha value is -1.89. The zero-order chi connectivity index (χ0) is 16.1. The van der Waals surface area contributed by atoms with Gasteiger partial charge in [0.05, 0.1) is 25.3 Å². The molecule has 2 rings (SSSR count). The summed E-state index contributed by atoms with van der Waals surface area (Å²) in [7, 11) is 3.56. The van der Waals surface area contributed by atoms with Gasteiger partial charge in [0.2, 0.25) is 5.91 Å². The number of rotatable bonds is 7. The number of amides is 1. The number of benzene rings is 1. The van der Waals surface area contributed by atoms with E-state index in [2.05, 4.69) is 0 Å². The Morgan fingerprint density at radius 3 is 2.59 bits per heavy atom. The number of likely N-dealkylation sites (N-methyl/N-ethyl adjacent to an activating group) is 1. The first kappa shape index (κ1) is 16.5. The number of hydrogen-bond acceptors (Lipinski definition) is 5. The molecule has 0 radical (unpaired) electrons. The van der Waals surface area contributed by atoms with Gasteiger partial charge < -0.3 is 15.6 Å². The average Bonchev–Trinajstić information content (AvgIpc) is 2.97. The third kappa shape index (κ3) is 3.85. The lowest BCUT2D eigenvalue weighted by Gasteiger charge is -2.26. The van der Waals surface area contributed by atoms with Crippen LogP contribution in [0.5, 0.6) is 5.75 Å². The van der Waals surface area contributed by atoms with E-state index in [9.17, 15) is 9.90 Å². The van der Waals surface area contributed by atoms with Crippen LogP contribution in [0, 0.1) is 0 Å².